The highest BCUT2D eigenvalue weighted by molar-refractivity contribution is 5.75. The fourth-order valence-corrected chi connectivity index (χ4v) is 0.882. The van der Waals surface area contributed by atoms with Crippen LogP contribution < -0.4 is 16.0 Å². The van der Waals surface area contributed by atoms with Gasteiger partial charge >= 0.3 is 6.03 Å². The minimum absolute atomic E-state index is 0.180. The second kappa shape index (κ2) is 6.30. The standard InChI is InChI=1S/C8H18N4O/c1-5-11-7(2)12(6-9-3)8(13)10-4/h9,11H,2,5-6H2,1,3-4H3,(H,10,13). The van der Waals surface area contributed by atoms with E-state index in [9.17, 15) is 4.79 Å². The molecule has 0 aromatic rings. The van der Waals surface area contributed by atoms with Gasteiger partial charge in [0, 0.05) is 13.6 Å². The first-order valence-electron chi connectivity index (χ1n) is 4.24. The molecule has 0 atom stereocenters. The largest absolute Gasteiger partial charge is 0.372 e. The SMILES string of the molecule is C=C(NCC)N(CNC)C(=O)NC. The minimum atomic E-state index is -0.180. The predicted octanol–water partition coefficient (Wildman–Crippen LogP) is -0.115. The van der Waals surface area contributed by atoms with Crippen molar-refractivity contribution in [3.8, 4) is 0 Å². The van der Waals surface area contributed by atoms with Crippen LogP contribution in [-0.2, 0) is 0 Å². The second-order valence-corrected chi connectivity index (χ2v) is 2.47. The van der Waals surface area contributed by atoms with Crippen molar-refractivity contribution >= 4 is 6.03 Å². The van der Waals surface area contributed by atoms with Crippen LogP contribution in [0.25, 0.3) is 0 Å². The molecule has 13 heavy (non-hydrogen) atoms. The summed E-state index contributed by atoms with van der Waals surface area (Å²) in [5, 5.41) is 8.40. The topological polar surface area (TPSA) is 56.4 Å². The van der Waals surface area contributed by atoms with Gasteiger partial charge in [0.05, 0.1) is 6.67 Å². The number of urea groups is 1. The van der Waals surface area contributed by atoms with Gasteiger partial charge in [0.15, 0.2) is 0 Å². The molecule has 0 fully saturated rings. The Morgan fingerprint density at radius 2 is 2.08 bits per heavy atom. The van der Waals surface area contributed by atoms with Crippen LogP contribution in [0.5, 0.6) is 0 Å². The van der Waals surface area contributed by atoms with Crippen molar-refractivity contribution in [3.05, 3.63) is 12.4 Å². The molecule has 0 rings (SSSR count). The number of hydrogen-bond donors (Lipinski definition) is 3. The molecule has 0 radical (unpaired) electrons. The molecule has 0 saturated carbocycles. The van der Waals surface area contributed by atoms with E-state index in [1.54, 1.807) is 14.1 Å². The van der Waals surface area contributed by atoms with Crippen molar-refractivity contribution < 1.29 is 4.79 Å². The molecule has 5 nitrogen and oxygen atoms in total. The lowest BCUT2D eigenvalue weighted by Crippen LogP contribution is -2.45. The predicted molar refractivity (Wildman–Crippen MR) is 53.0 cm³/mol. The molecule has 0 aromatic heterocycles. The van der Waals surface area contributed by atoms with Gasteiger partial charge in [-0.1, -0.05) is 6.58 Å². The normalized spacial score (nSPS) is 9.15. The smallest absolute Gasteiger partial charge is 0.323 e. The van der Waals surface area contributed by atoms with E-state index in [0.717, 1.165) is 6.54 Å². The van der Waals surface area contributed by atoms with Crippen molar-refractivity contribution in [2.45, 2.75) is 6.92 Å². The van der Waals surface area contributed by atoms with Crippen LogP contribution in [0.1, 0.15) is 6.92 Å². The van der Waals surface area contributed by atoms with Gasteiger partial charge in [-0.15, -0.1) is 0 Å². The summed E-state index contributed by atoms with van der Waals surface area (Å²) in [6, 6.07) is -0.180. The second-order valence-electron chi connectivity index (χ2n) is 2.47. The lowest BCUT2D eigenvalue weighted by atomic mass is 10.6. The Hall–Kier alpha value is -1.23. The highest BCUT2D eigenvalue weighted by Gasteiger charge is 2.12. The van der Waals surface area contributed by atoms with Gasteiger partial charge in [0.2, 0.25) is 0 Å². The van der Waals surface area contributed by atoms with Crippen LogP contribution in [0.15, 0.2) is 12.4 Å². The monoisotopic (exact) mass is 186 g/mol. The van der Waals surface area contributed by atoms with E-state index in [0.29, 0.717) is 12.5 Å². The maximum atomic E-state index is 11.3. The quantitative estimate of drug-likeness (QED) is 0.525. The summed E-state index contributed by atoms with van der Waals surface area (Å²) in [6.45, 7) is 6.88. The molecule has 0 heterocycles. The zero-order valence-corrected chi connectivity index (χ0v) is 8.48. The summed E-state index contributed by atoms with van der Waals surface area (Å²) in [4.78, 5) is 12.8. The van der Waals surface area contributed by atoms with E-state index < -0.39 is 0 Å². The Labute approximate surface area is 79.2 Å². The highest BCUT2D eigenvalue weighted by Crippen LogP contribution is 1.95. The Morgan fingerprint density at radius 3 is 2.46 bits per heavy atom. The van der Waals surface area contributed by atoms with Gasteiger partial charge in [-0.2, -0.15) is 0 Å². The molecular weight excluding hydrogens is 168 g/mol. The summed E-state index contributed by atoms with van der Waals surface area (Å²) >= 11 is 0. The molecule has 0 saturated heterocycles. The van der Waals surface area contributed by atoms with Crippen molar-refractivity contribution in [2.75, 3.05) is 27.3 Å². The molecule has 2 amide bonds. The van der Waals surface area contributed by atoms with Gasteiger partial charge in [0.25, 0.3) is 0 Å². The molecule has 0 aliphatic rings. The molecule has 0 aliphatic carbocycles. The summed E-state index contributed by atoms with van der Waals surface area (Å²) in [7, 11) is 3.36. The number of carbonyl (C=O) groups excluding carboxylic acids is 1. The molecule has 0 spiro atoms. The zero-order chi connectivity index (χ0) is 10.3. The van der Waals surface area contributed by atoms with Crippen LogP contribution in [0, 0.1) is 0 Å². The van der Waals surface area contributed by atoms with Gasteiger partial charge in [0.1, 0.15) is 5.82 Å². The summed E-state index contributed by atoms with van der Waals surface area (Å²) in [6.07, 6.45) is 0. The summed E-state index contributed by atoms with van der Waals surface area (Å²) < 4.78 is 0. The first-order chi connectivity index (χ1) is 6.17. The average Bonchev–Trinajstić information content (AvgIpc) is 2.13. The van der Waals surface area contributed by atoms with E-state index >= 15 is 0 Å². The number of hydrogen-bond acceptors (Lipinski definition) is 3. The molecule has 5 heteroatoms. The minimum Gasteiger partial charge on any atom is -0.372 e. The molecule has 3 N–H and O–H groups in total. The molecule has 0 aliphatic heterocycles. The third-order valence-electron chi connectivity index (χ3n) is 1.48. The molecule has 0 unspecified atom stereocenters. The van der Waals surface area contributed by atoms with Crippen LogP contribution in [0.4, 0.5) is 4.79 Å². The third kappa shape index (κ3) is 3.80. The third-order valence-corrected chi connectivity index (χ3v) is 1.48. The van der Waals surface area contributed by atoms with Gasteiger partial charge < -0.3 is 16.0 Å². The maximum absolute atomic E-state index is 11.3. The van der Waals surface area contributed by atoms with E-state index in [-0.39, 0.29) is 6.03 Å². The van der Waals surface area contributed by atoms with Crippen LogP contribution in [0.3, 0.4) is 0 Å². The van der Waals surface area contributed by atoms with Gasteiger partial charge in [-0.3, -0.25) is 4.90 Å². The number of nitrogens with one attached hydrogen (secondary N) is 3. The van der Waals surface area contributed by atoms with Crippen molar-refractivity contribution in [1.82, 2.24) is 20.9 Å². The Morgan fingerprint density at radius 1 is 1.46 bits per heavy atom. The van der Waals surface area contributed by atoms with Crippen molar-refractivity contribution in [3.63, 3.8) is 0 Å². The Kier molecular flexibility index (Phi) is 5.71. The molecular formula is C8H18N4O. The fourth-order valence-electron chi connectivity index (χ4n) is 0.882. The van der Waals surface area contributed by atoms with E-state index in [1.165, 1.54) is 4.90 Å². The highest BCUT2D eigenvalue weighted by atomic mass is 16.2. The molecule has 0 aromatic carbocycles. The van der Waals surface area contributed by atoms with Crippen LogP contribution in [0.2, 0.25) is 0 Å². The molecule has 76 valence electrons. The van der Waals surface area contributed by atoms with Crippen LogP contribution in [-0.4, -0.2) is 38.2 Å². The first kappa shape index (κ1) is 11.8. The fraction of sp³-hybridized carbons (Fsp3) is 0.625. The average molecular weight is 186 g/mol. The van der Waals surface area contributed by atoms with Gasteiger partial charge in [-0.25, -0.2) is 4.79 Å². The van der Waals surface area contributed by atoms with Crippen LogP contribution >= 0.6 is 0 Å². The lowest BCUT2D eigenvalue weighted by Gasteiger charge is -2.24. The Bertz CT molecular complexity index is 181. The van der Waals surface area contributed by atoms with E-state index in [4.69, 9.17) is 0 Å². The zero-order valence-electron chi connectivity index (χ0n) is 8.48. The van der Waals surface area contributed by atoms with Gasteiger partial charge in [-0.05, 0) is 14.0 Å². The summed E-state index contributed by atoms with van der Waals surface area (Å²) in [5.74, 6) is 0.594. The number of rotatable bonds is 5. The van der Waals surface area contributed by atoms with E-state index in [1.807, 2.05) is 6.92 Å². The van der Waals surface area contributed by atoms with Crippen molar-refractivity contribution in [2.24, 2.45) is 0 Å². The number of amides is 2. The lowest BCUT2D eigenvalue weighted by molar-refractivity contribution is 0.208. The Balaban J connectivity index is 4.22. The number of carbonyl (C=O) groups is 1. The van der Waals surface area contributed by atoms with Crippen molar-refractivity contribution in [1.29, 1.82) is 0 Å². The first-order valence-corrected chi connectivity index (χ1v) is 4.24. The number of nitrogens with zero attached hydrogens (tertiary/aromatic N) is 1. The maximum Gasteiger partial charge on any atom is 0.323 e. The summed E-state index contributed by atoms with van der Waals surface area (Å²) in [5.41, 5.74) is 0. The molecule has 0 bridgehead atoms. The van der Waals surface area contributed by atoms with E-state index in [2.05, 4.69) is 22.5 Å².